The molecule has 32 heavy (non-hydrogen) atoms. The molecule has 1 aromatic heterocycles. The van der Waals surface area contributed by atoms with Gasteiger partial charge in [-0.25, -0.2) is 0 Å². The third-order valence-electron chi connectivity index (χ3n) is 5.31. The van der Waals surface area contributed by atoms with Crippen molar-refractivity contribution in [3.63, 3.8) is 0 Å². The molecule has 4 nitrogen and oxygen atoms in total. The molecule has 0 amide bonds. The molecule has 1 aromatic carbocycles. The van der Waals surface area contributed by atoms with Crippen LogP contribution in [-0.2, 0) is 0 Å². The van der Waals surface area contributed by atoms with Gasteiger partial charge in [0.25, 0.3) is 0 Å². The average molecular weight is 458 g/mol. The molecular weight excluding hydrogens is 418 g/mol. The summed E-state index contributed by atoms with van der Waals surface area (Å²) < 4.78 is 12.3. The monoisotopic (exact) mass is 457 g/mol. The molecular formula is C27H39NO3S. The number of hydrogen-bond donors (Lipinski definition) is 0. The number of ether oxygens (including phenoxy) is 2. The number of carbonyl (C=O) groups excluding carboxylic acids is 1. The summed E-state index contributed by atoms with van der Waals surface area (Å²) in [6.07, 6.45) is 14.1. The average Bonchev–Trinajstić information content (AvgIpc) is 3.14. The van der Waals surface area contributed by atoms with Crippen LogP contribution in [0.1, 0.15) is 85.3 Å². The highest BCUT2D eigenvalue weighted by Crippen LogP contribution is 2.43. The standard InChI is InChI=1S/C27H39NO3S/c1-5-7-9-11-19-30-26-24(18-15-22-13-16-23(17-14-22)28(3)4)32-25(21-29)27(26)31-20-12-10-8-6-2/h13-18,21H,5-12,19-20H2,1-4H3/b18-15+. The van der Waals surface area contributed by atoms with Gasteiger partial charge in [-0.1, -0.05) is 70.6 Å². The zero-order chi connectivity index (χ0) is 23.2. The van der Waals surface area contributed by atoms with Crippen LogP contribution in [-0.4, -0.2) is 33.6 Å². The number of rotatable bonds is 16. The number of benzene rings is 1. The molecule has 176 valence electrons. The summed E-state index contributed by atoms with van der Waals surface area (Å²) in [7, 11) is 4.07. The maximum Gasteiger partial charge on any atom is 0.183 e. The molecule has 5 heteroatoms. The van der Waals surface area contributed by atoms with E-state index in [0.29, 0.717) is 29.6 Å². The number of thiophene rings is 1. The predicted octanol–water partition coefficient (Wildman–Crippen LogP) is 7.72. The summed E-state index contributed by atoms with van der Waals surface area (Å²) in [6, 6.07) is 8.38. The van der Waals surface area contributed by atoms with Crippen LogP contribution in [0.5, 0.6) is 11.5 Å². The Balaban J connectivity index is 2.19. The van der Waals surface area contributed by atoms with Crippen molar-refractivity contribution < 1.29 is 14.3 Å². The van der Waals surface area contributed by atoms with Crippen molar-refractivity contribution in [2.75, 3.05) is 32.2 Å². The van der Waals surface area contributed by atoms with Gasteiger partial charge in [0.15, 0.2) is 17.8 Å². The highest BCUT2D eigenvalue weighted by molar-refractivity contribution is 7.15. The maximum absolute atomic E-state index is 11.8. The lowest BCUT2D eigenvalue weighted by molar-refractivity contribution is 0.112. The molecule has 2 aromatic rings. The molecule has 0 atom stereocenters. The minimum absolute atomic E-state index is 0.603. The lowest BCUT2D eigenvalue weighted by Gasteiger charge is -2.12. The molecule has 0 N–H and O–H groups in total. The van der Waals surface area contributed by atoms with E-state index in [1.54, 1.807) is 0 Å². The van der Waals surface area contributed by atoms with Crippen molar-refractivity contribution in [3.05, 3.63) is 39.6 Å². The number of nitrogens with zero attached hydrogens (tertiary/aromatic N) is 1. The maximum atomic E-state index is 11.8. The smallest absolute Gasteiger partial charge is 0.183 e. The number of aldehydes is 1. The van der Waals surface area contributed by atoms with Gasteiger partial charge in [0.05, 0.1) is 18.1 Å². The summed E-state index contributed by atoms with van der Waals surface area (Å²) in [4.78, 5) is 15.4. The first kappa shape index (κ1) is 26.0. The van der Waals surface area contributed by atoms with Gasteiger partial charge in [-0.05, 0) is 36.6 Å². The minimum Gasteiger partial charge on any atom is -0.488 e. The summed E-state index contributed by atoms with van der Waals surface area (Å²) in [5.74, 6) is 1.32. The zero-order valence-electron chi connectivity index (χ0n) is 20.2. The molecule has 0 aliphatic carbocycles. The Morgan fingerprint density at radius 3 is 1.84 bits per heavy atom. The Morgan fingerprint density at radius 1 is 0.781 bits per heavy atom. The molecule has 0 unspecified atom stereocenters. The number of anilines is 1. The van der Waals surface area contributed by atoms with E-state index in [1.165, 1.54) is 37.0 Å². The van der Waals surface area contributed by atoms with Gasteiger partial charge < -0.3 is 14.4 Å². The Hall–Kier alpha value is -2.27. The lowest BCUT2D eigenvalue weighted by atomic mass is 10.2. The highest BCUT2D eigenvalue weighted by atomic mass is 32.1. The zero-order valence-corrected chi connectivity index (χ0v) is 21.0. The largest absolute Gasteiger partial charge is 0.488 e. The fraction of sp³-hybridized carbons (Fsp3) is 0.519. The van der Waals surface area contributed by atoms with Gasteiger partial charge in [0, 0.05) is 19.8 Å². The predicted molar refractivity (Wildman–Crippen MR) is 139 cm³/mol. The molecule has 0 spiro atoms. The molecule has 0 aliphatic rings. The van der Waals surface area contributed by atoms with Crippen LogP contribution in [0.15, 0.2) is 24.3 Å². The van der Waals surface area contributed by atoms with Crippen molar-refractivity contribution in [2.45, 2.75) is 65.2 Å². The van der Waals surface area contributed by atoms with Crippen molar-refractivity contribution in [1.82, 2.24) is 0 Å². The Bertz CT molecular complexity index is 824. The van der Waals surface area contributed by atoms with Crippen LogP contribution in [0.4, 0.5) is 5.69 Å². The first-order valence-corrected chi connectivity index (χ1v) is 12.7. The molecule has 0 fully saturated rings. The quantitative estimate of drug-likeness (QED) is 0.191. The highest BCUT2D eigenvalue weighted by Gasteiger charge is 2.20. The topological polar surface area (TPSA) is 38.8 Å². The normalized spacial score (nSPS) is 11.1. The fourth-order valence-electron chi connectivity index (χ4n) is 3.36. The van der Waals surface area contributed by atoms with E-state index in [9.17, 15) is 4.79 Å². The molecule has 0 bridgehead atoms. The Kier molecular flexibility index (Phi) is 12.0. The van der Waals surface area contributed by atoms with E-state index in [1.807, 2.05) is 20.2 Å². The minimum atomic E-state index is 0.603. The SMILES string of the molecule is CCCCCCOc1c(C=O)sc(/C=C/c2ccc(N(C)C)cc2)c1OCCCCCC. The van der Waals surface area contributed by atoms with Gasteiger partial charge in [-0.15, -0.1) is 11.3 Å². The van der Waals surface area contributed by atoms with E-state index < -0.39 is 0 Å². The summed E-state index contributed by atoms with van der Waals surface area (Å²) >= 11 is 1.44. The van der Waals surface area contributed by atoms with Crippen molar-refractivity contribution in [3.8, 4) is 11.5 Å². The second-order valence-corrected chi connectivity index (χ2v) is 9.33. The van der Waals surface area contributed by atoms with Gasteiger partial charge >= 0.3 is 0 Å². The van der Waals surface area contributed by atoms with E-state index in [2.05, 4.69) is 49.1 Å². The van der Waals surface area contributed by atoms with Crippen LogP contribution in [0, 0.1) is 0 Å². The molecule has 0 radical (unpaired) electrons. The van der Waals surface area contributed by atoms with Crippen LogP contribution in [0.2, 0.25) is 0 Å². The van der Waals surface area contributed by atoms with Crippen LogP contribution >= 0.6 is 11.3 Å². The van der Waals surface area contributed by atoms with E-state index >= 15 is 0 Å². The lowest BCUT2D eigenvalue weighted by Crippen LogP contribution is -2.07. The van der Waals surface area contributed by atoms with Gasteiger partial charge in [0.1, 0.15) is 4.88 Å². The van der Waals surface area contributed by atoms with Gasteiger partial charge in [-0.3, -0.25) is 4.79 Å². The van der Waals surface area contributed by atoms with E-state index in [4.69, 9.17) is 9.47 Å². The molecule has 0 saturated carbocycles. The first-order valence-electron chi connectivity index (χ1n) is 11.9. The fourth-order valence-corrected chi connectivity index (χ4v) is 4.27. The van der Waals surface area contributed by atoms with Gasteiger partial charge in [-0.2, -0.15) is 0 Å². The molecule has 2 rings (SSSR count). The number of carbonyl (C=O) groups is 1. The van der Waals surface area contributed by atoms with Gasteiger partial charge in [0.2, 0.25) is 0 Å². The molecule has 0 saturated heterocycles. The molecule has 0 aliphatic heterocycles. The third-order valence-corrected chi connectivity index (χ3v) is 6.35. The Morgan fingerprint density at radius 2 is 1.34 bits per heavy atom. The first-order chi connectivity index (χ1) is 15.6. The van der Waals surface area contributed by atoms with Crippen LogP contribution < -0.4 is 14.4 Å². The molecule has 1 heterocycles. The van der Waals surface area contributed by atoms with E-state index in [-0.39, 0.29) is 0 Å². The third kappa shape index (κ3) is 8.34. The summed E-state index contributed by atoms with van der Waals surface area (Å²) in [6.45, 7) is 5.65. The van der Waals surface area contributed by atoms with E-state index in [0.717, 1.165) is 48.1 Å². The van der Waals surface area contributed by atoms with Crippen molar-refractivity contribution >= 4 is 35.5 Å². The Labute approximate surface area is 198 Å². The number of unbranched alkanes of at least 4 members (excludes halogenated alkanes) is 6. The second-order valence-electron chi connectivity index (χ2n) is 8.24. The number of hydrogen-bond acceptors (Lipinski definition) is 5. The van der Waals surface area contributed by atoms with Crippen molar-refractivity contribution in [1.29, 1.82) is 0 Å². The second kappa shape index (κ2) is 14.7. The summed E-state index contributed by atoms with van der Waals surface area (Å²) in [5, 5.41) is 0. The van der Waals surface area contributed by atoms with Crippen LogP contribution in [0.25, 0.3) is 12.2 Å². The van der Waals surface area contributed by atoms with Crippen molar-refractivity contribution in [2.24, 2.45) is 0 Å². The van der Waals surface area contributed by atoms with Crippen LogP contribution in [0.3, 0.4) is 0 Å². The summed E-state index contributed by atoms with van der Waals surface area (Å²) in [5.41, 5.74) is 2.27.